The molecule has 0 unspecified atom stereocenters. The van der Waals surface area contributed by atoms with Gasteiger partial charge in [0.25, 0.3) is 5.91 Å². The highest BCUT2D eigenvalue weighted by molar-refractivity contribution is 7.07. The van der Waals surface area contributed by atoms with Gasteiger partial charge in [-0.1, -0.05) is 24.3 Å². The van der Waals surface area contributed by atoms with Gasteiger partial charge in [-0.15, -0.1) is 11.3 Å². The van der Waals surface area contributed by atoms with E-state index >= 15 is 0 Å². The molecule has 1 N–H and O–H groups in total. The molecule has 2 heterocycles. The highest BCUT2D eigenvalue weighted by atomic mass is 32.1. The van der Waals surface area contributed by atoms with Crippen LogP contribution in [0.4, 0.5) is 15.8 Å². The fourth-order valence-corrected chi connectivity index (χ4v) is 4.68. The van der Waals surface area contributed by atoms with Crippen molar-refractivity contribution in [3.05, 3.63) is 93.4 Å². The second-order valence-corrected chi connectivity index (χ2v) is 8.90. The summed E-state index contributed by atoms with van der Waals surface area (Å²) in [7, 11) is 0. The lowest BCUT2D eigenvalue weighted by atomic mass is 10.1. The number of halogens is 1. The molecule has 33 heavy (non-hydrogen) atoms. The summed E-state index contributed by atoms with van der Waals surface area (Å²) in [5.74, 6) is 0.216. The molecule has 0 radical (unpaired) electrons. The fourth-order valence-electron chi connectivity index (χ4n) is 3.76. The number of carbonyl (C=O) groups excluding carboxylic acids is 1. The standard InChI is InChI=1S/C26H22FN3O2S/c1-16-3-4-17(2)21(11-16)29-26-30(13-18-5-8-20(27)9-6-18)23(15-33-26)19-7-10-24-22(12-19)28-25(31)14-32-24/h3-12,15H,13-14H2,1-2H3,(H,28,31). The monoisotopic (exact) mass is 459 g/mol. The third-order valence-electron chi connectivity index (χ3n) is 5.54. The second kappa shape index (κ2) is 8.67. The molecule has 0 atom stereocenters. The van der Waals surface area contributed by atoms with Crippen LogP contribution < -0.4 is 14.9 Å². The minimum atomic E-state index is -0.264. The molecule has 1 aliphatic rings. The van der Waals surface area contributed by atoms with Crippen molar-refractivity contribution in [2.24, 2.45) is 4.99 Å². The number of hydrogen-bond acceptors (Lipinski definition) is 4. The predicted octanol–water partition coefficient (Wildman–Crippen LogP) is 5.58. The summed E-state index contributed by atoms with van der Waals surface area (Å²) in [5, 5.41) is 4.93. The zero-order valence-electron chi connectivity index (χ0n) is 18.3. The van der Waals surface area contributed by atoms with Gasteiger partial charge in [0.05, 0.1) is 23.6 Å². The SMILES string of the molecule is Cc1ccc(C)c(N=c2scc(-c3ccc4c(c3)NC(=O)CO4)n2Cc2ccc(F)cc2)c1. The van der Waals surface area contributed by atoms with Gasteiger partial charge in [0.1, 0.15) is 11.6 Å². The van der Waals surface area contributed by atoms with Gasteiger partial charge in [0.15, 0.2) is 11.4 Å². The number of benzene rings is 3. The summed E-state index contributed by atoms with van der Waals surface area (Å²) < 4.78 is 21.1. The highest BCUT2D eigenvalue weighted by Gasteiger charge is 2.18. The van der Waals surface area contributed by atoms with Crippen LogP contribution >= 0.6 is 11.3 Å². The molecule has 0 saturated carbocycles. The average Bonchev–Trinajstić information content (AvgIpc) is 3.19. The van der Waals surface area contributed by atoms with Crippen molar-refractivity contribution in [2.75, 3.05) is 11.9 Å². The third-order valence-corrected chi connectivity index (χ3v) is 6.40. The van der Waals surface area contributed by atoms with Crippen LogP contribution in [0, 0.1) is 19.7 Å². The molecule has 3 aromatic carbocycles. The molecule has 0 bridgehead atoms. The van der Waals surface area contributed by atoms with E-state index in [4.69, 9.17) is 9.73 Å². The van der Waals surface area contributed by atoms with Crippen LogP contribution in [-0.4, -0.2) is 17.1 Å². The number of nitrogens with one attached hydrogen (secondary N) is 1. The molecule has 0 saturated heterocycles. The quantitative estimate of drug-likeness (QED) is 0.433. The molecule has 0 fully saturated rings. The van der Waals surface area contributed by atoms with E-state index in [0.29, 0.717) is 18.0 Å². The van der Waals surface area contributed by atoms with Crippen LogP contribution in [0.1, 0.15) is 16.7 Å². The molecule has 166 valence electrons. The number of thiazole rings is 1. The number of aryl methyl sites for hydroxylation is 2. The van der Waals surface area contributed by atoms with Crippen molar-refractivity contribution in [3.63, 3.8) is 0 Å². The van der Waals surface area contributed by atoms with Crippen molar-refractivity contribution < 1.29 is 13.9 Å². The smallest absolute Gasteiger partial charge is 0.262 e. The number of nitrogens with zero attached hydrogens (tertiary/aromatic N) is 2. The maximum atomic E-state index is 13.5. The van der Waals surface area contributed by atoms with Crippen LogP contribution in [0.2, 0.25) is 0 Å². The first-order valence-electron chi connectivity index (χ1n) is 10.6. The van der Waals surface area contributed by atoms with E-state index in [2.05, 4.69) is 33.5 Å². The van der Waals surface area contributed by atoms with Gasteiger partial charge in [0.2, 0.25) is 0 Å². The second-order valence-electron chi connectivity index (χ2n) is 8.07. The number of ether oxygens (including phenoxy) is 1. The Bertz CT molecular complexity index is 1420. The number of rotatable bonds is 4. The summed E-state index contributed by atoms with van der Waals surface area (Å²) in [4.78, 5) is 17.6. The topological polar surface area (TPSA) is 55.6 Å². The Morgan fingerprint density at radius 1 is 1.09 bits per heavy atom. The molecule has 1 amide bonds. The van der Waals surface area contributed by atoms with Crippen LogP contribution in [0.15, 0.2) is 71.0 Å². The predicted molar refractivity (Wildman–Crippen MR) is 129 cm³/mol. The van der Waals surface area contributed by atoms with Crippen molar-refractivity contribution in [1.82, 2.24) is 4.57 Å². The summed E-state index contributed by atoms with van der Waals surface area (Å²) in [6, 6.07) is 18.5. The van der Waals surface area contributed by atoms with E-state index < -0.39 is 0 Å². The highest BCUT2D eigenvalue weighted by Crippen LogP contribution is 2.33. The lowest BCUT2D eigenvalue weighted by molar-refractivity contribution is -0.118. The number of hydrogen-bond donors (Lipinski definition) is 1. The Labute approximate surface area is 194 Å². The van der Waals surface area contributed by atoms with Crippen LogP contribution in [0.5, 0.6) is 5.75 Å². The average molecular weight is 460 g/mol. The Morgan fingerprint density at radius 3 is 2.73 bits per heavy atom. The maximum absolute atomic E-state index is 13.5. The molecule has 5 rings (SSSR count). The Kier molecular flexibility index (Phi) is 5.56. The first-order valence-corrected chi connectivity index (χ1v) is 11.5. The summed E-state index contributed by atoms with van der Waals surface area (Å²) in [5.41, 5.74) is 6.66. The van der Waals surface area contributed by atoms with Gasteiger partial charge >= 0.3 is 0 Å². The van der Waals surface area contributed by atoms with Gasteiger partial charge in [0, 0.05) is 10.9 Å². The molecular weight excluding hydrogens is 437 g/mol. The number of carbonyl (C=O) groups is 1. The van der Waals surface area contributed by atoms with Crippen LogP contribution in [0.25, 0.3) is 11.3 Å². The van der Waals surface area contributed by atoms with Crippen molar-refractivity contribution >= 4 is 28.6 Å². The maximum Gasteiger partial charge on any atom is 0.262 e. The minimum Gasteiger partial charge on any atom is -0.482 e. The summed E-state index contributed by atoms with van der Waals surface area (Å²) in [6.07, 6.45) is 0. The normalized spacial score (nSPS) is 13.4. The zero-order valence-corrected chi connectivity index (χ0v) is 19.1. The molecular formula is C26H22FN3O2S. The molecule has 1 aromatic heterocycles. The molecule has 0 spiro atoms. The number of fused-ring (bicyclic) bond motifs is 1. The zero-order chi connectivity index (χ0) is 22.9. The summed E-state index contributed by atoms with van der Waals surface area (Å²) >= 11 is 1.54. The number of anilines is 1. The van der Waals surface area contributed by atoms with Crippen molar-refractivity contribution in [1.29, 1.82) is 0 Å². The summed E-state index contributed by atoms with van der Waals surface area (Å²) in [6.45, 7) is 4.65. The van der Waals surface area contributed by atoms with E-state index in [0.717, 1.165) is 38.4 Å². The number of aromatic nitrogens is 1. The molecule has 5 nitrogen and oxygen atoms in total. The van der Waals surface area contributed by atoms with Crippen LogP contribution in [-0.2, 0) is 11.3 Å². The fraction of sp³-hybridized carbons (Fsp3) is 0.154. The van der Waals surface area contributed by atoms with Gasteiger partial charge in [-0.05, 0) is 66.9 Å². The lowest BCUT2D eigenvalue weighted by Crippen LogP contribution is -2.25. The largest absolute Gasteiger partial charge is 0.482 e. The van der Waals surface area contributed by atoms with Gasteiger partial charge in [-0.25, -0.2) is 9.38 Å². The Morgan fingerprint density at radius 2 is 1.91 bits per heavy atom. The molecule has 7 heteroatoms. The molecule has 0 aliphatic carbocycles. The van der Waals surface area contributed by atoms with E-state index in [9.17, 15) is 9.18 Å². The Balaban J connectivity index is 1.65. The van der Waals surface area contributed by atoms with Gasteiger partial charge in [-0.2, -0.15) is 0 Å². The van der Waals surface area contributed by atoms with Crippen molar-refractivity contribution in [3.8, 4) is 17.0 Å². The Hall–Kier alpha value is -3.71. The molecule has 4 aromatic rings. The van der Waals surface area contributed by atoms with Crippen molar-refractivity contribution in [2.45, 2.75) is 20.4 Å². The van der Waals surface area contributed by atoms with Gasteiger partial charge in [-0.3, -0.25) is 4.79 Å². The van der Waals surface area contributed by atoms with E-state index in [-0.39, 0.29) is 18.3 Å². The van der Waals surface area contributed by atoms with E-state index in [1.165, 1.54) is 12.1 Å². The number of amides is 1. The van der Waals surface area contributed by atoms with Gasteiger partial charge < -0.3 is 14.6 Å². The van der Waals surface area contributed by atoms with E-state index in [1.807, 2.05) is 32.0 Å². The van der Waals surface area contributed by atoms with E-state index in [1.54, 1.807) is 23.5 Å². The third kappa shape index (κ3) is 4.45. The first-order chi connectivity index (χ1) is 16.0. The minimum absolute atomic E-state index is 0.0221. The lowest BCUT2D eigenvalue weighted by Gasteiger charge is -2.19. The van der Waals surface area contributed by atoms with Crippen LogP contribution in [0.3, 0.4) is 0 Å². The first kappa shape index (κ1) is 21.2. The molecule has 1 aliphatic heterocycles.